The molecule has 182 valence electrons. The van der Waals surface area contributed by atoms with Crippen LogP contribution in [0.4, 0.5) is 0 Å². The smallest absolute Gasteiger partial charge is 0.255 e. The summed E-state index contributed by atoms with van der Waals surface area (Å²) in [4.78, 5) is 14.7. The van der Waals surface area contributed by atoms with Crippen molar-refractivity contribution in [2.45, 2.75) is 13.0 Å². The van der Waals surface area contributed by atoms with E-state index in [4.69, 9.17) is 19.7 Å². The summed E-state index contributed by atoms with van der Waals surface area (Å²) in [6.45, 7) is 1.68. The molecule has 0 saturated heterocycles. The summed E-state index contributed by atoms with van der Waals surface area (Å²) in [5, 5.41) is 1.18. The Bertz CT molecular complexity index is 1700. The first-order chi connectivity index (χ1) is 18.8. The van der Waals surface area contributed by atoms with E-state index >= 15 is 0 Å². The summed E-state index contributed by atoms with van der Waals surface area (Å²) in [5.74, 6) is 2.91. The minimum absolute atomic E-state index is 0.650. The SMILES string of the molecule is c1ccc(-c2nc(-c3ccccc3)nc(-c3cccc(-c4ccc5c6c4ccc[n+]6CCCO5)c3)n2)cc1. The summed E-state index contributed by atoms with van der Waals surface area (Å²) in [5.41, 5.74) is 6.28. The van der Waals surface area contributed by atoms with Crippen molar-refractivity contribution in [1.29, 1.82) is 0 Å². The zero-order valence-electron chi connectivity index (χ0n) is 20.8. The van der Waals surface area contributed by atoms with Gasteiger partial charge in [0, 0.05) is 29.2 Å². The van der Waals surface area contributed by atoms with E-state index in [1.165, 1.54) is 5.39 Å². The van der Waals surface area contributed by atoms with Gasteiger partial charge in [0.2, 0.25) is 0 Å². The van der Waals surface area contributed by atoms with Crippen LogP contribution in [0.3, 0.4) is 0 Å². The van der Waals surface area contributed by atoms with Crippen molar-refractivity contribution < 1.29 is 9.30 Å². The first-order valence-electron chi connectivity index (χ1n) is 12.9. The third-order valence-corrected chi connectivity index (χ3v) is 6.93. The van der Waals surface area contributed by atoms with Gasteiger partial charge in [0.25, 0.3) is 5.52 Å². The molecule has 5 nitrogen and oxygen atoms in total. The molecule has 7 rings (SSSR count). The van der Waals surface area contributed by atoms with Crippen molar-refractivity contribution in [3.8, 4) is 51.0 Å². The zero-order valence-corrected chi connectivity index (χ0v) is 20.8. The number of hydrogen-bond acceptors (Lipinski definition) is 4. The maximum absolute atomic E-state index is 6.07. The van der Waals surface area contributed by atoms with Crippen LogP contribution in [-0.4, -0.2) is 21.6 Å². The molecular weight excluding hydrogens is 468 g/mol. The molecule has 0 N–H and O–H groups in total. The fraction of sp³-hybridized carbons (Fsp3) is 0.0909. The number of nitrogens with zero attached hydrogens (tertiary/aromatic N) is 4. The third-order valence-electron chi connectivity index (χ3n) is 6.93. The number of ether oxygens (including phenoxy) is 1. The van der Waals surface area contributed by atoms with Crippen molar-refractivity contribution in [3.63, 3.8) is 0 Å². The van der Waals surface area contributed by atoms with Crippen LogP contribution in [0, 0.1) is 0 Å². The first-order valence-corrected chi connectivity index (χ1v) is 12.9. The Hall–Kier alpha value is -4.90. The molecule has 0 atom stereocenters. The van der Waals surface area contributed by atoms with Crippen LogP contribution in [0.1, 0.15) is 6.42 Å². The molecule has 0 amide bonds. The third kappa shape index (κ3) is 4.08. The molecule has 0 spiro atoms. The van der Waals surface area contributed by atoms with Gasteiger partial charge in [-0.25, -0.2) is 15.0 Å². The zero-order chi connectivity index (χ0) is 25.3. The molecular formula is C33H25N4O+. The molecule has 3 heterocycles. The fourth-order valence-corrected chi connectivity index (χ4v) is 5.11. The number of benzene rings is 4. The lowest BCUT2D eigenvalue weighted by Crippen LogP contribution is -2.33. The highest BCUT2D eigenvalue weighted by molar-refractivity contribution is 5.96. The maximum atomic E-state index is 6.07. The van der Waals surface area contributed by atoms with Gasteiger partial charge in [0.15, 0.2) is 36.0 Å². The lowest BCUT2D eigenvalue weighted by Gasteiger charge is -2.11. The van der Waals surface area contributed by atoms with Crippen LogP contribution >= 0.6 is 0 Å². The molecule has 5 heteroatoms. The van der Waals surface area contributed by atoms with Crippen LogP contribution in [-0.2, 0) is 6.54 Å². The number of pyridine rings is 1. The van der Waals surface area contributed by atoms with Gasteiger partial charge in [0.05, 0.1) is 12.0 Å². The summed E-state index contributed by atoms with van der Waals surface area (Å²) in [6.07, 6.45) is 3.14. The van der Waals surface area contributed by atoms with E-state index in [9.17, 15) is 0 Å². The van der Waals surface area contributed by atoms with Crippen LogP contribution in [0.15, 0.2) is 115 Å². The molecule has 4 aromatic carbocycles. The summed E-state index contributed by atoms with van der Waals surface area (Å²) in [6, 6.07) is 37.1. The van der Waals surface area contributed by atoms with Crippen molar-refractivity contribution in [2.24, 2.45) is 0 Å². The minimum Gasteiger partial charge on any atom is -0.487 e. The second-order valence-corrected chi connectivity index (χ2v) is 9.40. The maximum Gasteiger partial charge on any atom is 0.255 e. The number of aryl methyl sites for hydroxylation is 1. The quantitative estimate of drug-likeness (QED) is 0.255. The van der Waals surface area contributed by atoms with E-state index in [0.29, 0.717) is 17.5 Å². The molecule has 1 aliphatic heterocycles. The molecule has 0 radical (unpaired) electrons. The Morgan fingerprint density at radius 3 is 1.92 bits per heavy atom. The monoisotopic (exact) mass is 493 g/mol. The number of hydrogen-bond donors (Lipinski definition) is 0. The fourth-order valence-electron chi connectivity index (χ4n) is 5.11. The van der Waals surface area contributed by atoms with Crippen LogP contribution in [0.2, 0.25) is 0 Å². The Morgan fingerprint density at radius 2 is 1.21 bits per heavy atom. The lowest BCUT2D eigenvalue weighted by atomic mass is 9.98. The summed E-state index contributed by atoms with van der Waals surface area (Å²) in [7, 11) is 0. The van der Waals surface area contributed by atoms with Gasteiger partial charge in [-0.1, -0.05) is 78.9 Å². The highest BCUT2D eigenvalue weighted by Gasteiger charge is 2.21. The summed E-state index contributed by atoms with van der Waals surface area (Å²) >= 11 is 0. The minimum atomic E-state index is 0.650. The largest absolute Gasteiger partial charge is 0.487 e. The molecule has 1 aliphatic rings. The van der Waals surface area contributed by atoms with E-state index < -0.39 is 0 Å². The van der Waals surface area contributed by atoms with Crippen LogP contribution in [0.25, 0.3) is 56.2 Å². The highest BCUT2D eigenvalue weighted by atomic mass is 16.5. The predicted molar refractivity (Wildman–Crippen MR) is 149 cm³/mol. The van der Waals surface area contributed by atoms with Gasteiger partial charge in [-0.15, -0.1) is 0 Å². The molecule has 0 bridgehead atoms. The normalized spacial score (nSPS) is 12.6. The average molecular weight is 494 g/mol. The van der Waals surface area contributed by atoms with E-state index in [2.05, 4.69) is 59.3 Å². The Balaban J connectivity index is 1.39. The van der Waals surface area contributed by atoms with Gasteiger partial charge in [0.1, 0.15) is 0 Å². The Labute approximate surface area is 221 Å². The van der Waals surface area contributed by atoms with Gasteiger partial charge >= 0.3 is 0 Å². The van der Waals surface area contributed by atoms with Crippen LogP contribution < -0.4 is 9.30 Å². The second-order valence-electron chi connectivity index (χ2n) is 9.40. The second kappa shape index (κ2) is 9.52. The summed E-state index contributed by atoms with van der Waals surface area (Å²) < 4.78 is 8.37. The Morgan fingerprint density at radius 1 is 0.579 bits per heavy atom. The molecule has 0 aliphatic carbocycles. The predicted octanol–water partition coefficient (Wildman–Crippen LogP) is 6.76. The number of aromatic nitrogens is 4. The van der Waals surface area contributed by atoms with E-state index in [1.807, 2.05) is 60.7 Å². The van der Waals surface area contributed by atoms with Gasteiger partial charge in [-0.3, -0.25) is 0 Å². The van der Waals surface area contributed by atoms with Crippen molar-refractivity contribution >= 4 is 10.9 Å². The van der Waals surface area contributed by atoms with Gasteiger partial charge in [-0.2, -0.15) is 4.57 Å². The van der Waals surface area contributed by atoms with E-state index in [-0.39, 0.29) is 0 Å². The topological polar surface area (TPSA) is 51.8 Å². The van der Waals surface area contributed by atoms with Crippen LogP contribution in [0.5, 0.6) is 5.75 Å². The van der Waals surface area contributed by atoms with E-state index in [0.717, 1.165) is 58.7 Å². The van der Waals surface area contributed by atoms with Crippen molar-refractivity contribution in [1.82, 2.24) is 15.0 Å². The van der Waals surface area contributed by atoms with E-state index in [1.54, 1.807) is 0 Å². The number of rotatable bonds is 4. The highest BCUT2D eigenvalue weighted by Crippen LogP contribution is 2.35. The molecule has 0 saturated carbocycles. The molecule has 38 heavy (non-hydrogen) atoms. The average Bonchev–Trinajstić information content (AvgIpc) is 3.21. The molecule has 0 unspecified atom stereocenters. The standard InChI is InChI=1S/C33H25N4O/c1-3-10-23(11-4-1)31-34-32(24-12-5-2-6-13-24)36-33(35-31)26-15-7-14-25(22-26)27-17-18-29-30-28(27)16-8-19-37(30)20-9-21-38-29/h1-8,10-19,22H,9,20-21H2/q+1. The molecule has 2 aromatic heterocycles. The molecule has 0 fully saturated rings. The Kier molecular flexibility index (Phi) is 5.59. The lowest BCUT2D eigenvalue weighted by molar-refractivity contribution is -0.670. The van der Waals surface area contributed by atoms with Gasteiger partial charge in [-0.05, 0) is 35.4 Å². The first kappa shape index (κ1) is 22.3. The molecule has 6 aromatic rings. The van der Waals surface area contributed by atoms with Crippen molar-refractivity contribution in [3.05, 3.63) is 115 Å². The van der Waals surface area contributed by atoms with Crippen molar-refractivity contribution in [2.75, 3.05) is 6.61 Å². The van der Waals surface area contributed by atoms with Gasteiger partial charge < -0.3 is 4.74 Å².